The van der Waals surface area contributed by atoms with E-state index in [1.165, 1.54) is 6.07 Å². The van der Waals surface area contributed by atoms with Crippen molar-refractivity contribution in [2.24, 2.45) is 0 Å². The molecular weight excluding hydrogens is 526 g/mol. The minimum atomic E-state index is -5.93. The summed E-state index contributed by atoms with van der Waals surface area (Å²) in [6, 6.07) is 10.7. The number of aliphatic hydroxyl groups is 1. The maximum Gasteiger partial charge on any atom is 0.430 e. The van der Waals surface area contributed by atoms with Gasteiger partial charge in [-0.25, -0.2) is 0 Å². The van der Waals surface area contributed by atoms with Gasteiger partial charge in [-0.05, 0) is 79.5 Å². The lowest BCUT2D eigenvalue weighted by Crippen LogP contribution is -2.55. The highest BCUT2D eigenvalue weighted by atomic mass is 19.4. The van der Waals surface area contributed by atoms with Gasteiger partial charge in [-0.15, -0.1) is 0 Å². The fourth-order valence-electron chi connectivity index (χ4n) is 4.62. The molecule has 0 heterocycles. The molecule has 0 aliphatic heterocycles. The molecule has 2 aromatic carbocycles. The van der Waals surface area contributed by atoms with E-state index in [-0.39, 0.29) is 18.1 Å². The number of hydrogen-bond donors (Lipinski definition) is 2. The SMILES string of the molecule is CCC(CC)(c1ccc(/C=C/C(O)(C(F)(F)F)C(F)(F)F)c(C)c1)c1ccc(OCCCCC(=O)O)c(C)c1. The van der Waals surface area contributed by atoms with Crippen molar-refractivity contribution in [3.8, 4) is 5.75 Å². The topological polar surface area (TPSA) is 66.8 Å². The zero-order valence-electron chi connectivity index (χ0n) is 22.3. The van der Waals surface area contributed by atoms with Crippen LogP contribution in [0.1, 0.15) is 73.8 Å². The fourth-order valence-corrected chi connectivity index (χ4v) is 4.62. The van der Waals surface area contributed by atoms with Crippen LogP contribution in [0.5, 0.6) is 5.75 Å². The molecule has 0 saturated carbocycles. The fraction of sp³-hybridized carbons (Fsp3) is 0.483. The van der Waals surface area contributed by atoms with Crippen LogP contribution in [0.3, 0.4) is 0 Å². The lowest BCUT2D eigenvalue weighted by atomic mass is 9.70. The number of carboxylic acid groups (broad SMARTS) is 1. The Labute approximate surface area is 224 Å². The van der Waals surface area contributed by atoms with E-state index in [9.17, 15) is 36.2 Å². The van der Waals surface area contributed by atoms with Crippen molar-refractivity contribution in [3.05, 3.63) is 70.3 Å². The van der Waals surface area contributed by atoms with Gasteiger partial charge in [0, 0.05) is 11.8 Å². The first-order chi connectivity index (χ1) is 18.0. The van der Waals surface area contributed by atoms with Crippen LogP contribution in [0.15, 0.2) is 42.5 Å². The molecule has 0 atom stereocenters. The standard InChI is InChI=1S/C29H34F6O4/c1-5-26(6-2,23-12-13-24(20(4)18-23)39-16-8-7-9-25(36)37)22-11-10-21(19(3)17-22)14-15-27(38,28(30,31)32)29(33,34)35/h10-15,17-18,38H,5-9,16H2,1-4H3,(H,36,37)/b15-14+. The summed E-state index contributed by atoms with van der Waals surface area (Å²) in [4.78, 5) is 10.6. The Morgan fingerprint density at radius 1 is 0.872 bits per heavy atom. The maximum absolute atomic E-state index is 13.0. The van der Waals surface area contributed by atoms with Crippen molar-refractivity contribution in [3.63, 3.8) is 0 Å². The Morgan fingerprint density at radius 2 is 1.41 bits per heavy atom. The number of rotatable bonds is 12. The van der Waals surface area contributed by atoms with Gasteiger partial charge < -0.3 is 14.9 Å². The molecule has 0 radical (unpaired) electrons. The number of ether oxygens (including phenoxy) is 1. The van der Waals surface area contributed by atoms with Gasteiger partial charge in [0.05, 0.1) is 6.61 Å². The number of carboxylic acids is 1. The van der Waals surface area contributed by atoms with Crippen LogP contribution in [0.4, 0.5) is 26.3 Å². The molecule has 0 unspecified atom stereocenters. The summed E-state index contributed by atoms with van der Waals surface area (Å²) in [5.41, 5.74) is -2.14. The van der Waals surface area contributed by atoms with Crippen molar-refractivity contribution in [2.45, 2.75) is 83.2 Å². The van der Waals surface area contributed by atoms with Crippen molar-refractivity contribution in [2.75, 3.05) is 6.61 Å². The van der Waals surface area contributed by atoms with Crippen molar-refractivity contribution in [1.82, 2.24) is 0 Å². The van der Waals surface area contributed by atoms with E-state index in [1.807, 2.05) is 39.0 Å². The number of unbranched alkanes of at least 4 members (excludes halogenated alkanes) is 1. The molecule has 0 fully saturated rings. The Balaban J connectivity index is 2.36. The molecule has 216 valence electrons. The van der Waals surface area contributed by atoms with E-state index in [2.05, 4.69) is 0 Å². The van der Waals surface area contributed by atoms with E-state index in [1.54, 1.807) is 19.1 Å². The molecule has 0 saturated heterocycles. The molecule has 2 aromatic rings. The highest BCUT2D eigenvalue weighted by molar-refractivity contribution is 5.66. The Kier molecular flexibility index (Phi) is 10.3. The molecule has 0 spiro atoms. The normalized spacial score (nSPS) is 13.2. The van der Waals surface area contributed by atoms with Crippen LogP contribution in [0.25, 0.3) is 6.08 Å². The second kappa shape index (κ2) is 12.4. The number of hydrogen-bond acceptors (Lipinski definition) is 3. The van der Waals surface area contributed by atoms with Crippen LogP contribution >= 0.6 is 0 Å². The number of aryl methyl sites for hydroxylation is 2. The van der Waals surface area contributed by atoms with Gasteiger partial charge in [0.1, 0.15) is 5.75 Å². The highest BCUT2D eigenvalue weighted by Crippen LogP contribution is 2.45. The Bertz CT molecular complexity index is 1150. The summed E-state index contributed by atoms with van der Waals surface area (Å²) in [7, 11) is 0. The molecule has 4 nitrogen and oxygen atoms in total. The van der Waals surface area contributed by atoms with Gasteiger partial charge in [0.2, 0.25) is 0 Å². The van der Waals surface area contributed by atoms with Gasteiger partial charge in [0.25, 0.3) is 5.60 Å². The van der Waals surface area contributed by atoms with Gasteiger partial charge in [0.15, 0.2) is 0 Å². The van der Waals surface area contributed by atoms with Crippen LogP contribution in [0.2, 0.25) is 0 Å². The van der Waals surface area contributed by atoms with Gasteiger partial charge >= 0.3 is 18.3 Å². The number of alkyl halides is 6. The molecule has 0 bridgehead atoms. The third-order valence-corrected chi connectivity index (χ3v) is 7.17. The van der Waals surface area contributed by atoms with Gasteiger partial charge in [-0.1, -0.05) is 50.3 Å². The zero-order valence-corrected chi connectivity index (χ0v) is 22.3. The van der Waals surface area contributed by atoms with E-state index < -0.39 is 29.3 Å². The Morgan fingerprint density at radius 3 is 1.87 bits per heavy atom. The molecule has 10 heteroatoms. The molecule has 0 aromatic heterocycles. The second-order valence-corrected chi connectivity index (χ2v) is 9.64. The number of carbonyl (C=O) groups is 1. The molecule has 0 aliphatic rings. The van der Waals surface area contributed by atoms with E-state index in [0.717, 1.165) is 16.7 Å². The summed E-state index contributed by atoms with van der Waals surface area (Å²) in [5, 5.41) is 18.2. The largest absolute Gasteiger partial charge is 0.493 e. The average molecular weight is 561 g/mol. The lowest BCUT2D eigenvalue weighted by Gasteiger charge is -2.34. The summed E-state index contributed by atoms with van der Waals surface area (Å²) in [5.74, 6) is -0.178. The van der Waals surface area contributed by atoms with Gasteiger partial charge in [-0.2, -0.15) is 26.3 Å². The maximum atomic E-state index is 13.0. The lowest BCUT2D eigenvalue weighted by molar-refractivity contribution is -0.347. The Hall–Kier alpha value is -3.01. The van der Waals surface area contributed by atoms with Crippen LogP contribution < -0.4 is 4.74 Å². The summed E-state index contributed by atoms with van der Waals surface area (Å²) >= 11 is 0. The minimum Gasteiger partial charge on any atom is -0.493 e. The van der Waals surface area contributed by atoms with Crippen LogP contribution in [-0.4, -0.2) is 40.7 Å². The summed E-state index contributed by atoms with van der Waals surface area (Å²) in [6.07, 6.45) is -8.93. The van der Waals surface area contributed by atoms with Crippen molar-refractivity contribution >= 4 is 12.0 Å². The smallest absolute Gasteiger partial charge is 0.430 e. The molecule has 0 amide bonds. The predicted molar refractivity (Wildman–Crippen MR) is 137 cm³/mol. The first-order valence-electron chi connectivity index (χ1n) is 12.6. The van der Waals surface area contributed by atoms with Crippen molar-refractivity contribution in [1.29, 1.82) is 0 Å². The minimum absolute atomic E-state index is 0.0797. The first-order valence-corrected chi connectivity index (χ1v) is 12.6. The van der Waals surface area contributed by atoms with E-state index >= 15 is 0 Å². The molecule has 2 rings (SSSR count). The molecule has 39 heavy (non-hydrogen) atoms. The van der Waals surface area contributed by atoms with Crippen LogP contribution in [-0.2, 0) is 10.2 Å². The monoisotopic (exact) mass is 560 g/mol. The first kappa shape index (κ1) is 32.2. The average Bonchev–Trinajstić information content (AvgIpc) is 2.83. The third kappa shape index (κ3) is 7.15. The highest BCUT2D eigenvalue weighted by Gasteiger charge is 2.68. The summed E-state index contributed by atoms with van der Waals surface area (Å²) < 4.78 is 84.1. The predicted octanol–water partition coefficient (Wildman–Crippen LogP) is 7.91. The van der Waals surface area contributed by atoms with E-state index in [4.69, 9.17) is 9.84 Å². The second-order valence-electron chi connectivity index (χ2n) is 9.64. The number of benzene rings is 2. The molecular formula is C29H34F6O4. The van der Waals surface area contributed by atoms with Crippen LogP contribution in [0, 0.1) is 13.8 Å². The quantitative estimate of drug-likeness (QED) is 0.205. The van der Waals surface area contributed by atoms with E-state index in [0.29, 0.717) is 49.7 Å². The van der Waals surface area contributed by atoms with Gasteiger partial charge in [-0.3, -0.25) is 4.79 Å². The third-order valence-electron chi connectivity index (χ3n) is 7.17. The summed E-state index contributed by atoms with van der Waals surface area (Å²) in [6.45, 7) is 7.87. The number of aliphatic carboxylic acids is 1. The molecule has 0 aliphatic carbocycles. The molecule has 2 N–H and O–H groups in total. The number of halogens is 6. The zero-order chi connectivity index (χ0) is 29.6. The van der Waals surface area contributed by atoms with Crippen molar-refractivity contribution < 1.29 is 46.1 Å².